The Labute approximate surface area is 208 Å². The van der Waals surface area contributed by atoms with Crippen LogP contribution in [0.4, 0.5) is 18.0 Å². The molecule has 2 unspecified atom stereocenters. The van der Waals surface area contributed by atoms with Crippen molar-refractivity contribution >= 4 is 12.9 Å². The molecule has 1 aromatic carbocycles. The maximum absolute atomic E-state index is 12.8. The molecule has 200 valence electrons. The van der Waals surface area contributed by atoms with Gasteiger partial charge >= 0.3 is 12.3 Å². The van der Waals surface area contributed by atoms with Gasteiger partial charge in [0.2, 0.25) is 0 Å². The second kappa shape index (κ2) is 12.5. The molecule has 0 aromatic heterocycles. The van der Waals surface area contributed by atoms with Gasteiger partial charge in [0.25, 0.3) is 0 Å². The van der Waals surface area contributed by atoms with E-state index in [0.717, 1.165) is 32.1 Å². The Morgan fingerprint density at radius 2 is 1.66 bits per heavy atom. The zero-order valence-electron chi connectivity index (χ0n) is 22.5. The van der Waals surface area contributed by atoms with E-state index in [-0.39, 0.29) is 23.0 Å². The lowest BCUT2D eigenvalue weighted by Crippen LogP contribution is -2.65. The maximum atomic E-state index is 12.8. The highest BCUT2D eigenvalue weighted by Crippen LogP contribution is 2.56. The molecule has 3 rings (SSSR count). The first kappa shape index (κ1) is 32.5. The van der Waals surface area contributed by atoms with E-state index in [0.29, 0.717) is 0 Å². The van der Waals surface area contributed by atoms with Crippen LogP contribution in [0.1, 0.15) is 72.4 Å². The van der Waals surface area contributed by atoms with E-state index in [1.54, 1.807) is 7.11 Å². The van der Waals surface area contributed by atoms with Crippen molar-refractivity contribution in [1.29, 1.82) is 0 Å². The number of nitrogens with zero attached hydrogens (tertiary/aromatic N) is 1. The Balaban J connectivity index is 0.000000997. The molecule has 8 heteroatoms. The van der Waals surface area contributed by atoms with Crippen LogP contribution in [0.15, 0.2) is 31.4 Å². The molecule has 5 nitrogen and oxygen atoms in total. The number of amides is 1. The summed E-state index contributed by atoms with van der Waals surface area (Å²) in [6.45, 7) is 22.5. The molecule has 1 saturated heterocycles. The zero-order valence-corrected chi connectivity index (χ0v) is 22.5. The normalized spacial score (nSPS) is 21.9. The molecule has 2 atom stereocenters. The third kappa shape index (κ3) is 7.74. The third-order valence-corrected chi connectivity index (χ3v) is 6.83. The van der Waals surface area contributed by atoms with Gasteiger partial charge in [-0.2, -0.15) is 13.2 Å². The summed E-state index contributed by atoms with van der Waals surface area (Å²) in [5.41, 5.74) is 2.23. The fraction of sp³-hybridized carbons (Fsp3) is 0.630. The van der Waals surface area contributed by atoms with Crippen LogP contribution in [-0.4, -0.2) is 49.3 Å². The summed E-state index contributed by atoms with van der Waals surface area (Å²) in [4.78, 5) is 22.8. The number of likely N-dealkylation sites (tertiary alicyclic amines) is 1. The van der Waals surface area contributed by atoms with Crippen LogP contribution < -0.4 is 4.74 Å². The molecule has 1 aromatic rings. The second-order valence-electron chi connectivity index (χ2n) is 10.2. The number of carbonyl (C=O) groups excluding carboxylic acids is 2. The first-order chi connectivity index (χ1) is 16.1. The molecule has 1 fully saturated rings. The quantitative estimate of drug-likeness (QED) is 0.385. The van der Waals surface area contributed by atoms with E-state index in [1.807, 2.05) is 32.5 Å². The Hall–Kier alpha value is -2.51. The van der Waals surface area contributed by atoms with Crippen molar-refractivity contribution in [2.45, 2.75) is 91.0 Å². The van der Waals surface area contributed by atoms with E-state index in [2.05, 4.69) is 52.1 Å². The lowest BCUT2D eigenvalue weighted by atomic mass is 9.51. The van der Waals surface area contributed by atoms with Gasteiger partial charge in [0, 0.05) is 24.4 Å². The third-order valence-electron chi connectivity index (χ3n) is 6.83. The summed E-state index contributed by atoms with van der Waals surface area (Å²) < 4.78 is 43.5. The van der Waals surface area contributed by atoms with Gasteiger partial charge in [0.05, 0.1) is 7.11 Å². The summed E-state index contributed by atoms with van der Waals surface area (Å²) in [6, 6.07) is 6.53. The van der Waals surface area contributed by atoms with Gasteiger partial charge in [0.1, 0.15) is 18.1 Å². The lowest BCUT2D eigenvalue weighted by molar-refractivity contribution is -0.130. The van der Waals surface area contributed by atoms with E-state index in [1.165, 1.54) is 11.1 Å². The first-order valence-electron chi connectivity index (χ1n) is 11.6. The van der Waals surface area contributed by atoms with Gasteiger partial charge < -0.3 is 19.2 Å². The summed E-state index contributed by atoms with van der Waals surface area (Å²) in [5.74, 6) is 0.879. The van der Waals surface area contributed by atoms with Crippen LogP contribution in [0, 0.1) is 5.41 Å². The Kier molecular flexibility index (Phi) is 11.6. The summed E-state index contributed by atoms with van der Waals surface area (Å²) in [7, 11) is 1.70. The zero-order chi connectivity index (χ0) is 27.8. The fourth-order valence-electron chi connectivity index (χ4n) is 4.58. The molecule has 1 aliphatic carbocycles. The number of methoxy groups -OCH3 is 1. The van der Waals surface area contributed by atoms with Crippen molar-refractivity contribution < 1.29 is 32.2 Å². The standard InChI is InChI=1S/C21H31NO3.C3H5F3.C2H4.CH2O/c1-19(2,3)25-18(23)22-11-10-21(6)16-9-8-15(24-7)12-14(16)13-17(22)20(21,4)5;1-2-3(4,5)6;2*1-2/h8-9,12,17H,10-11,13H2,1-7H3;2H2,1H3;1-2H2;1H2. The van der Waals surface area contributed by atoms with Crippen LogP contribution in [0.2, 0.25) is 0 Å². The molecule has 35 heavy (non-hydrogen) atoms. The Bertz CT molecular complexity index is 831. The van der Waals surface area contributed by atoms with Crippen molar-refractivity contribution in [1.82, 2.24) is 4.90 Å². The van der Waals surface area contributed by atoms with Crippen molar-refractivity contribution in [2.24, 2.45) is 5.41 Å². The molecule has 0 saturated carbocycles. The minimum absolute atomic E-state index is 0.0241. The molecular formula is C27H42F3NO4. The van der Waals surface area contributed by atoms with Crippen LogP contribution in [0.3, 0.4) is 0 Å². The molecule has 2 aliphatic rings. The second-order valence-corrected chi connectivity index (χ2v) is 10.2. The number of benzene rings is 1. The number of rotatable bonds is 1. The van der Waals surface area contributed by atoms with Gasteiger partial charge in [-0.1, -0.05) is 33.8 Å². The first-order valence-corrected chi connectivity index (χ1v) is 11.6. The van der Waals surface area contributed by atoms with Gasteiger partial charge in [-0.3, -0.25) is 0 Å². The molecule has 1 amide bonds. The Morgan fingerprint density at radius 1 is 1.14 bits per heavy atom. The number of halogens is 3. The van der Waals surface area contributed by atoms with Crippen LogP contribution >= 0.6 is 0 Å². The number of piperidine rings is 1. The van der Waals surface area contributed by atoms with Crippen LogP contribution in [0.5, 0.6) is 5.75 Å². The van der Waals surface area contributed by atoms with Gasteiger partial charge in [-0.15, -0.1) is 13.2 Å². The van der Waals surface area contributed by atoms with Crippen molar-refractivity contribution in [2.75, 3.05) is 13.7 Å². The highest BCUT2D eigenvalue weighted by molar-refractivity contribution is 5.69. The minimum atomic E-state index is -3.96. The summed E-state index contributed by atoms with van der Waals surface area (Å²) in [6.07, 6.45) is -3.10. The highest BCUT2D eigenvalue weighted by Gasteiger charge is 2.57. The SMILES string of the molecule is C=C.C=O.CCC(F)(F)F.COc1ccc2c(c1)CC1N(C(=O)OC(C)(C)C)CCC2(C)C1(C)C. The molecule has 1 aliphatic heterocycles. The molecule has 0 spiro atoms. The largest absolute Gasteiger partial charge is 0.497 e. The molecule has 2 bridgehead atoms. The van der Waals surface area contributed by atoms with Crippen LogP contribution in [-0.2, 0) is 21.4 Å². The smallest absolute Gasteiger partial charge is 0.410 e. The number of carbonyl (C=O) groups is 2. The van der Waals surface area contributed by atoms with E-state index in [9.17, 15) is 18.0 Å². The van der Waals surface area contributed by atoms with Crippen LogP contribution in [0.25, 0.3) is 0 Å². The lowest BCUT2D eigenvalue weighted by Gasteiger charge is -2.60. The summed E-state index contributed by atoms with van der Waals surface area (Å²) in [5, 5.41) is 0. The molecule has 0 N–H and O–H groups in total. The number of alkyl halides is 3. The average Bonchev–Trinajstić information content (AvgIpc) is 2.77. The van der Waals surface area contributed by atoms with Gasteiger partial charge in [-0.25, -0.2) is 4.79 Å². The predicted octanol–water partition coefficient (Wildman–Crippen LogP) is 7.12. The van der Waals surface area contributed by atoms with Gasteiger partial charge in [-0.05, 0) is 62.3 Å². The highest BCUT2D eigenvalue weighted by atomic mass is 19.4. The van der Waals surface area contributed by atoms with E-state index >= 15 is 0 Å². The molecule has 0 radical (unpaired) electrons. The number of ether oxygens (including phenoxy) is 2. The van der Waals surface area contributed by atoms with Crippen molar-refractivity contribution in [3.63, 3.8) is 0 Å². The maximum Gasteiger partial charge on any atom is 0.410 e. The summed E-state index contributed by atoms with van der Waals surface area (Å²) >= 11 is 0. The monoisotopic (exact) mass is 501 g/mol. The fourth-order valence-corrected chi connectivity index (χ4v) is 4.58. The number of fused-ring (bicyclic) bond motifs is 4. The number of hydrogen-bond acceptors (Lipinski definition) is 4. The Morgan fingerprint density at radius 3 is 2.09 bits per heavy atom. The minimum Gasteiger partial charge on any atom is -0.497 e. The molecular weight excluding hydrogens is 459 g/mol. The van der Waals surface area contributed by atoms with E-state index in [4.69, 9.17) is 14.3 Å². The van der Waals surface area contributed by atoms with E-state index < -0.39 is 18.2 Å². The van der Waals surface area contributed by atoms with Crippen molar-refractivity contribution in [3.05, 3.63) is 42.5 Å². The predicted molar refractivity (Wildman–Crippen MR) is 134 cm³/mol. The number of hydrogen-bond donors (Lipinski definition) is 0. The topological polar surface area (TPSA) is 55.8 Å². The molecule has 1 heterocycles. The van der Waals surface area contributed by atoms with Crippen molar-refractivity contribution in [3.8, 4) is 5.75 Å². The van der Waals surface area contributed by atoms with Gasteiger partial charge in [0.15, 0.2) is 0 Å². The average molecular weight is 502 g/mol.